The summed E-state index contributed by atoms with van der Waals surface area (Å²) in [6.45, 7) is 2.85. The molecule has 0 fully saturated rings. The summed E-state index contributed by atoms with van der Waals surface area (Å²) in [6, 6.07) is 12.0. The predicted octanol–water partition coefficient (Wildman–Crippen LogP) is 3.74. The molecule has 1 aromatic carbocycles. The maximum Gasteiger partial charge on any atom is 0.186 e. The number of nitriles is 1. The van der Waals surface area contributed by atoms with Gasteiger partial charge in [0.25, 0.3) is 0 Å². The number of rotatable bonds is 4. The number of hydrogen-bond acceptors (Lipinski definition) is 5. The van der Waals surface area contributed by atoms with Gasteiger partial charge in [-0.1, -0.05) is 25.1 Å². The number of nitrogens with zero attached hydrogens (tertiary/aromatic N) is 3. The second-order valence-electron chi connectivity index (χ2n) is 4.63. The summed E-state index contributed by atoms with van der Waals surface area (Å²) in [6.07, 6.45) is 1.01. The number of nitrogens with one attached hydrogen (secondary N) is 1. The average molecular weight is 294 g/mol. The summed E-state index contributed by atoms with van der Waals surface area (Å²) < 4.78 is 0. The summed E-state index contributed by atoms with van der Waals surface area (Å²) in [5.74, 6) is 0. The van der Waals surface area contributed by atoms with Crippen molar-refractivity contribution in [2.24, 2.45) is 0 Å². The topological polar surface area (TPSA) is 61.6 Å². The first kappa shape index (κ1) is 13.5. The fourth-order valence-electron chi connectivity index (χ4n) is 2.32. The number of anilines is 1. The predicted molar refractivity (Wildman–Crippen MR) is 85.3 cm³/mol. The Balaban J connectivity index is 1.98. The molecule has 5 heteroatoms. The van der Waals surface area contributed by atoms with Crippen LogP contribution in [0.4, 0.5) is 5.69 Å². The molecule has 0 aliphatic carbocycles. The summed E-state index contributed by atoms with van der Waals surface area (Å²) in [5.41, 5.74) is 3.24. The molecule has 0 aliphatic heterocycles. The Labute approximate surface area is 127 Å². The zero-order chi connectivity index (χ0) is 14.7. The normalized spacial score (nSPS) is 10.5. The van der Waals surface area contributed by atoms with Crippen molar-refractivity contribution >= 4 is 27.9 Å². The highest BCUT2D eigenvalue weighted by atomic mass is 32.1. The van der Waals surface area contributed by atoms with Gasteiger partial charge in [0.15, 0.2) is 5.69 Å². The van der Waals surface area contributed by atoms with Gasteiger partial charge in [0.05, 0.1) is 11.2 Å². The van der Waals surface area contributed by atoms with Crippen LogP contribution >= 0.6 is 11.3 Å². The van der Waals surface area contributed by atoms with Crippen LogP contribution in [-0.4, -0.2) is 10.2 Å². The van der Waals surface area contributed by atoms with Crippen LogP contribution in [0.25, 0.3) is 10.9 Å². The van der Waals surface area contributed by atoms with Crippen LogP contribution in [-0.2, 0) is 13.0 Å². The van der Waals surface area contributed by atoms with Crippen LogP contribution < -0.4 is 5.32 Å². The van der Waals surface area contributed by atoms with E-state index in [-0.39, 0.29) is 0 Å². The molecular weight excluding hydrogens is 280 g/mol. The molecule has 2 heterocycles. The van der Waals surface area contributed by atoms with Crippen molar-refractivity contribution in [2.75, 3.05) is 5.32 Å². The first-order valence-electron chi connectivity index (χ1n) is 6.78. The highest BCUT2D eigenvalue weighted by molar-refractivity contribution is 7.10. The third-order valence-corrected chi connectivity index (χ3v) is 4.38. The van der Waals surface area contributed by atoms with E-state index in [9.17, 15) is 5.26 Å². The molecule has 21 heavy (non-hydrogen) atoms. The molecule has 0 aliphatic rings. The van der Waals surface area contributed by atoms with E-state index in [1.54, 1.807) is 11.3 Å². The molecule has 0 amide bonds. The lowest BCUT2D eigenvalue weighted by Crippen LogP contribution is -2.04. The standard InChI is InChI=1S/C16H14N4S/c1-2-11-7-8-21-15(11)10-18-16-12-5-3-4-6-13(12)19-20-14(16)9-17/h3-8H,2,10H2,1H3,(H,18,19). The second-order valence-corrected chi connectivity index (χ2v) is 5.63. The Morgan fingerprint density at radius 2 is 2.10 bits per heavy atom. The van der Waals surface area contributed by atoms with E-state index < -0.39 is 0 Å². The molecule has 0 saturated heterocycles. The summed E-state index contributed by atoms with van der Waals surface area (Å²) >= 11 is 1.73. The van der Waals surface area contributed by atoms with Crippen molar-refractivity contribution in [1.82, 2.24) is 10.2 Å². The molecular formula is C16H14N4S. The van der Waals surface area contributed by atoms with Crippen LogP contribution in [0.3, 0.4) is 0 Å². The Kier molecular flexibility index (Phi) is 3.80. The summed E-state index contributed by atoms with van der Waals surface area (Å²) in [4.78, 5) is 1.29. The molecule has 0 radical (unpaired) electrons. The molecule has 104 valence electrons. The van der Waals surface area contributed by atoms with E-state index in [1.807, 2.05) is 24.3 Å². The lowest BCUT2D eigenvalue weighted by atomic mass is 10.1. The maximum absolute atomic E-state index is 9.25. The van der Waals surface area contributed by atoms with Crippen LogP contribution in [0.1, 0.15) is 23.1 Å². The lowest BCUT2D eigenvalue weighted by Gasteiger charge is -2.10. The highest BCUT2D eigenvalue weighted by Gasteiger charge is 2.11. The van der Waals surface area contributed by atoms with E-state index >= 15 is 0 Å². The minimum absolute atomic E-state index is 0.336. The third kappa shape index (κ3) is 2.58. The molecule has 0 bridgehead atoms. The second kappa shape index (κ2) is 5.90. The molecule has 1 N–H and O–H groups in total. The van der Waals surface area contributed by atoms with Gasteiger partial charge in [0, 0.05) is 16.8 Å². The van der Waals surface area contributed by atoms with Gasteiger partial charge in [-0.05, 0) is 29.5 Å². The number of aromatic nitrogens is 2. The molecule has 0 atom stereocenters. The van der Waals surface area contributed by atoms with Gasteiger partial charge in [-0.3, -0.25) is 0 Å². The number of aryl methyl sites for hydroxylation is 1. The van der Waals surface area contributed by atoms with E-state index in [0.29, 0.717) is 12.2 Å². The Bertz CT molecular complexity index is 817. The smallest absolute Gasteiger partial charge is 0.186 e. The van der Waals surface area contributed by atoms with Gasteiger partial charge >= 0.3 is 0 Å². The van der Waals surface area contributed by atoms with E-state index in [1.165, 1.54) is 10.4 Å². The van der Waals surface area contributed by atoms with Gasteiger partial charge in [-0.15, -0.1) is 21.5 Å². The molecule has 4 nitrogen and oxygen atoms in total. The number of thiophene rings is 1. The van der Waals surface area contributed by atoms with Crippen molar-refractivity contribution in [3.63, 3.8) is 0 Å². The van der Waals surface area contributed by atoms with Crippen LogP contribution in [0.2, 0.25) is 0 Å². The van der Waals surface area contributed by atoms with Gasteiger partial charge in [0.2, 0.25) is 0 Å². The molecule has 0 unspecified atom stereocenters. The van der Waals surface area contributed by atoms with Gasteiger partial charge < -0.3 is 5.32 Å². The van der Waals surface area contributed by atoms with Crippen molar-refractivity contribution in [2.45, 2.75) is 19.9 Å². The number of hydrogen-bond donors (Lipinski definition) is 1. The highest BCUT2D eigenvalue weighted by Crippen LogP contribution is 2.26. The molecule has 3 aromatic rings. The molecule has 0 spiro atoms. The first-order chi connectivity index (χ1) is 10.3. The average Bonchev–Trinajstić information content (AvgIpc) is 2.99. The van der Waals surface area contributed by atoms with Gasteiger partial charge in [0.1, 0.15) is 6.07 Å². The summed E-state index contributed by atoms with van der Waals surface area (Å²) in [7, 11) is 0. The Morgan fingerprint density at radius 1 is 1.24 bits per heavy atom. The molecule has 3 rings (SSSR count). The monoisotopic (exact) mass is 294 g/mol. The zero-order valence-electron chi connectivity index (χ0n) is 11.6. The third-order valence-electron chi connectivity index (χ3n) is 3.42. The van der Waals surface area contributed by atoms with E-state index in [0.717, 1.165) is 23.0 Å². The maximum atomic E-state index is 9.25. The zero-order valence-corrected chi connectivity index (χ0v) is 12.4. The SMILES string of the molecule is CCc1ccsc1CNc1c(C#N)nnc2ccccc12. The largest absolute Gasteiger partial charge is 0.377 e. The van der Waals surface area contributed by atoms with E-state index in [4.69, 9.17) is 0 Å². The van der Waals surface area contributed by atoms with Crippen molar-refractivity contribution in [1.29, 1.82) is 5.26 Å². The van der Waals surface area contributed by atoms with Crippen LogP contribution in [0.5, 0.6) is 0 Å². The van der Waals surface area contributed by atoms with Crippen LogP contribution in [0, 0.1) is 11.3 Å². The number of benzene rings is 1. The Hall–Kier alpha value is -2.45. The van der Waals surface area contributed by atoms with Crippen molar-refractivity contribution in [3.8, 4) is 6.07 Å². The van der Waals surface area contributed by atoms with Crippen molar-refractivity contribution in [3.05, 3.63) is 51.8 Å². The Morgan fingerprint density at radius 3 is 2.90 bits per heavy atom. The fourth-order valence-corrected chi connectivity index (χ4v) is 3.23. The molecule has 2 aromatic heterocycles. The quantitative estimate of drug-likeness (QED) is 0.796. The van der Waals surface area contributed by atoms with Crippen LogP contribution in [0.15, 0.2) is 35.7 Å². The van der Waals surface area contributed by atoms with Gasteiger partial charge in [-0.25, -0.2) is 0 Å². The number of fused-ring (bicyclic) bond motifs is 1. The lowest BCUT2D eigenvalue weighted by molar-refractivity contribution is 1.03. The fraction of sp³-hybridized carbons (Fsp3) is 0.188. The first-order valence-corrected chi connectivity index (χ1v) is 7.66. The molecule has 0 saturated carbocycles. The minimum Gasteiger partial charge on any atom is -0.377 e. The minimum atomic E-state index is 0.336. The van der Waals surface area contributed by atoms with E-state index in [2.05, 4.69) is 40.0 Å². The summed E-state index contributed by atoms with van der Waals surface area (Å²) in [5, 5.41) is 23.7. The van der Waals surface area contributed by atoms with Gasteiger partial charge in [-0.2, -0.15) is 5.26 Å². The van der Waals surface area contributed by atoms with Crippen molar-refractivity contribution < 1.29 is 0 Å².